The highest BCUT2D eigenvalue weighted by molar-refractivity contribution is 5.59. The number of hydrogen-bond donors (Lipinski definition) is 0. The van der Waals surface area contributed by atoms with Crippen LogP contribution in [0.2, 0.25) is 0 Å². The Bertz CT molecular complexity index is 497. The molecule has 1 heterocycles. The largest absolute Gasteiger partial charge is 0.484 e. The van der Waals surface area contributed by atoms with E-state index in [1.807, 2.05) is 13.8 Å². The molecule has 1 aliphatic heterocycles. The van der Waals surface area contributed by atoms with Crippen LogP contribution in [-0.2, 0) is 0 Å². The molecule has 0 atom stereocenters. The van der Waals surface area contributed by atoms with Gasteiger partial charge in [0.1, 0.15) is 0 Å². The topological polar surface area (TPSA) is 55.6 Å². The summed E-state index contributed by atoms with van der Waals surface area (Å²) in [4.78, 5) is 12.8. The maximum atomic E-state index is 11.0. The van der Waals surface area contributed by atoms with Crippen LogP contribution in [-0.4, -0.2) is 24.1 Å². The van der Waals surface area contributed by atoms with Crippen molar-refractivity contribution in [2.75, 3.05) is 18.0 Å². The molecule has 0 spiro atoms. The summed E-state index contributed by atoms with van der Waals surface area (Å²) in [5, 5.41) is 11.0. The lowest BCUT2D eigenvalue weighted by Crippen LogP contribution is -2.26. The second-order valence-corrected chi connectivity index (χ2v) is 4.78. The van der Waals surface area contributed by atoms with Crippen molar-refractivity contribution in [3.05, 3.63) is 40.5 Å². The van der Waals surface area contributed by atoms with Crippen LogP contribution in [0.4, 0.5) is 11.4 Å². The van der Waals surface area contributed by atoms with Gasteiger partial charge in [0.05, 0.1) is 11.0 Å². The number of rotatable bonds is 4. The zero-order valence-electron chi connectivity index (χ0n) is 11.2. The predicted molar refractivity (Wildman–Crippen MR) is 74.8 cm³/mol. The SMILES string of the molecule is CC(C)Oc1cc(N2CC=CCC2)ccc1[N+](=O)[O-]. The molecule has 0 saturated heterocycles. The first-order valence-electron chi connectivity index (χ1n) is 6.43. The molecule has 1 aromatic rings. The van der Waals surface area contributed by atoms with Gasteiger partial charge in [-0.05, 0) is 26.3 Å². The van der Waals surface area contributed by atoms with Crippen molar-refractivity contribution in [2.24, 2.45) is 0 Å². The summed E-state index contributed by atoms with van der Waals surface area (Å²) in [7, 11) is 0. The third-order valence-corrected chi connectivity index (χ3v) is 2.93. The quantitative estimate of drug-likeness (QED) is 0.475. The number of hydrogen-bond acceptors (Lipinski definition) is 4. The molecule has 0 N–H and O–H groups in total. The molecule has 0 bridgehead atoms. The molecule has 5 nitrogen and oxygen atoms in total. The number of anilines is 1. The van der Waals surface area contributed by atoms with Gasteiger partial charge in [0, 0.05) is 30.9 Å². The fraction of sp³-hybridized carbons (Fsp3) is 0.429. The molecule has 5 heteroatoms. The van der Waals surface area contributed by atoms with Crippen LogP contribution in [0.25, 0.3) is 0 Å². The Morgan fingerprint density at radius 1 is 1.37 bits per heavy atom. The summed E-state index contributed by atoms with van der Waals surface area (Å²) in [6.07, 6.45) is 5.16. The molecule has 0 unspecified atom stereocenters. The molecule has 0 aromatic heterocycles. The Hall–Kier alpha value is -2.04. The van der Waals surface area contributed by atoms with E-state index in [1.54, 1.807) is 12.1 Å². The van der Waals surface area contributed by atoms with Gasteiger partial charge >= 0.3 is 5.69 Å². The monoisotopic (exact) mass is 262 g/mol. The van der Waals surface area contributed by atoms with Crippen LogP contribution in [0, 0.1) is 10.1 Å². The summed E-state index contributed by atoms with van der Waals surface area (Å²) in [5.41, 5.74) is 0.982. The fourth-order valence-electron chi connectivity index (χ4n) is 2.07. The molecule has 0 aliphatic carbocycles. The van der Waals surface area contributed by atoms with Gasteiger partial charge in [-0.3, -0.25) is 10.1 Å². The summed E-state index contributed by atoms with van der Waals surface area (Å²) < 4.78 is 5.55. The Kier molecular flexibility index (Phi) is 4.04. The van der Waals surface area contributed by atoms with Gasteiger partial charge in [0.2, 0.25) is 0 Å². The van der Waals surface area contributed by atoms with Gasteiger partial charge < -0.3 is 9.64 Å². The first kappa shape index (κ1) is 13.4. The van der Waals surface area contributed by atoms with Gasteiger partial charge in [-0.25, -0.2) is 0 Å². The van der Waals surface area contributed by atoms with Gasteiger partial charge in [0.15, 0.2) is 5.75 Å². The number of nitro groups is 1. The van der Waals surface area contributed by atoms with Crippen molar-refractivity contribution < 1.29 is 9.66 Å². The lowest BCUT2D eigenvalue weighted by atomic mass is 10.2. The van der Waals surface area contributed by atoms with Crippen LogP contribution in [0.3, 0.4) is 0 Å². The molecule has 0 radical (unpaired) electrons. The van der Waals surface area contributed by atoms with Crippen LogP contribution in [0.15, 0.2) is 30.4 Å². The molecule has 1 aliphatic rings. The first-order valence-corrected chi connectivity index (χ1v) is 6.43. The van der Waals surface area contributed by atoms with E-state index in [0.29, 0.717) is 5.75 Å². The van der Waals surface area contributed by atoms with E-state index in [1.165, 1.54) is 6.07 Å². The van der Waals surface area contributed by atoms with Crippen molar-refractivity contribution in [3.8, 4) is 5.75 Å². The van der Waals surface area contributed by atoms with Gasteiger partial charge in [-0.15, -0.1) is 0 Å². The maximum Gasteiger partial charge on any atom is 0.311 e. The maximum absolute atomic E-state index is 11.0. The standard InChI is InChI=1S/C14H18N2O3/c1-11(2)19-14-10-12(6-7-13(14)16(17)18)15-8-4-3-5-9-15/h3-4,6-7,10-11H,5,8-9H2,1-2H3. The first-order chi connectivity index (χ1) is 9.08. The van der Waals surface area contributed by atoms with Crippen molar-refractivity contribution in [1.82, 2.24) is 0 Å². The molecule has 19 heavy (non-hydrogen) atoms. The molecule has 102 valence electrons. The number of nitrogens with zero attached hydrogens (tertiary/aromatic N) is 2. The lowest BCUT2D eigenvalue weighted by molar-refractivity contribution is -0.386. The summed E-state index contributed by atoms with van der Waals surface area (Å²) in [6.45, 7) is 5.48. The lowest BCUT2D eigenvalue weighted by Gasteiger charge is -2.26. The Morgan fingerprint density at radius 3 is 2.74 bits per heavy atom. The van der Waals surface area contributed by atoms with Crippen molar-refractivity contribution in [1.29, 1.82) is 0 Å². The van der Waals surface area contributed by atoms with E-state index in [2.05, 4.69) is 17.1 Å². The van der Waals surface area contributed by atoms with Crippen molar-refractivity contribution >= 4 is 11.4 Å². The number of ether oxygens (including phenoxy) is 1. The van der Waals surface area contributed by atoms with Crippen LogP contribution >= 0.6 is 0 Å². The van der Waals surface area contributed by atoms with Crippen molar-refractivity contribution in [3.63, 3.8) is 0 Å². The van der Waals surface area contributed by atoms with Gasteiger partial charge in [-0.2, -0.15) is 0 Å². The molecule has 0 fully saturated rings. The Morgan fingerprint density at radius 2 is 2.16 bits per heavy atom. The average Bonchev–Trinajstić information content (AvgIpc) is 2.38. The number of nitro benzene ring substituents is 1. The second kappa shape index (κ2) is 5.73. The van der Waals surface area contributed by atoms with E-state index >= 15 is 0 Å². The number of benzene rings is 1. The van der Waals surface area contributed by atoms with Crippen LogP contribution in [0.5, 0.6) is 5.75 Å². The van der Waals surface area contributed by atoms with Gasteiger partial charge in [0.25, 0.3) is 0 Å². The molecular weight excluding hydrogens is 244 g/mol. The summed E-state index contributed by atoms with van der Waals surface area (Å²) in [5.74, 6) is 0.340. The highest BCUT2D eigenvalue weighted by Crippen LogP contribution is 2.32. The second-order valence-electron chi connectivity index (χ2n) is 4.78. The van der Waals surface area contributed by atoms with E-state index in [4.69, 9.17) is 4.74 Å². The third kappa shape index (κ3) is 3.24. The smallest absolute Gasteiger partial charge is 0.311 e. The molecule has 2 rings (SSSR count). The van der Waals surface area contributed by atoms with E-state index in [9.17, 15) is 10.1 Å². The minimum Gasteiger partial charge on any atom is -0.484 e. The Balaban J connectivity index is 2.31. The van der Waals surface area contributed by atoms with E-state index < -0.39 is 4.92 Å². The minimum atomic E-state index is -0.405. The average molecular weight is 262 g/mol. The molecule has 1 aromatic carbocycles. The van der Waals surface area contributed by atoms with E-state index in [0.717, 1.165) is 25.2 Å². The van der Waals surface area contributed by atoms with Crippen LogP contribution in [0.1, 0.15) is 20.3 Å². The normalized spacial score (nSPS) is 14.8. The summed E-state index contributed by atoms with van der Waals surface area (Å²) >= 11 is 0. The van der Waals surface area contributed by atoms with E-state index in [-0.39, 0.29) is 11.8 Å². The highest BCUT2D eigenvalue weighted by atomic mass is 16.6. The summed E-state index contributed by atoms with van der Waals surface area (Å²) in [6, 6.07) is 5.06. The minimum absolute atomic E-state index is 0.0185. The predicted octanol–water partition coefficient (Wildman–Crippen LogP) is 3.15. The Labute approximate surface area is 112 Å². The molecular formula is C14H18N2O3. The van der Waals surface area contributed by atoms with Crippen LogP contribution < -0.4 is 9.64 Å². The molecule has 0 saturated carbocycles. The van der Waals surface area contributed by atoms with Crippen molar-refractivity contribution in [2.45, 2.75) is 26.4 Å². The third-order valence-electron chi connectivity index (χ3n) is 2.93. The zero-order chi connectivity index (χ0) is 13.8. The zero-order valence-corrected chi connectivity index (χ0v) is 11.2. The fourth-order valence-corrected chi connectivity index (χ4v) is 2.07. The van der Waals surface area contributed by atoms with Gasteiger partial charge in [-0.1, -0.05) is 12.2 Å². The molecule has 0 amide bonds. The highest BCUT2D eigenvalue weighted by Gasteiger charge is 2.18.